The van der Waals surface area contributed by atoms with Crippen LogP contribution >= 0.6 is 34.0 Å². The molecule has 9 heteroatoms. The summed E-state index contributed by atoms with van der Waals surface area (Å²) in [6.45, 7) is 5.31. The lowest BCUT2D eigenvalue weighted by Gasteiger charge is -2.12. The van der Waals surface area contributed by atoms with Crippen LogP contribution in [0.4, 0.5) is 0 Å². The molecule has 6 nitrogen and oxygen atoms in total. The molecule has 218 valence electrons. The summed E-state index contributed by atoms with van der Waals surface area (Å²) in [5.41, 5.74) is 3.34. The number of fused-ring (bicyclic) bond motifs is 3. The van der Waals surface area contributed by atoms with E-state index in [1.165, 1.54) is 74.0 Å². The second kappa shape index (κ2) is 13.3. The molecule has 0 radical (unpaired) electrons. The molecule has 0 bridgehead atoms. The molecule has 0 saturated heterocycles. The van der Waals surface area contributed by atoms with Crippen molar-refractivity contribution >= 4 is 34.0 Å². The maximum absolute atomic E-state index is 6.14. The Hall–Kier alpha value is -2.10. The minimum absolute atomic E-state index is 0.247. The van der Waals surface area contributed by atoms with Crippen molar-refractivity contribution in [3.8, 4) is 54.0 Å². The molecule has 40 heavy (non-hydrogen) atoms. The lowest BCUT2D eigenvalue weighted by atomic mass is 9.98. The molecule has 3 aromatic heterocycles. The average molecular weight is 605 g/mol. The van der Waals surface area contributed by atoms with E-state index in [1.54, 1.807) is 34.0 Å². The van der Waals surface area contributed by atoms with Crippen molar-refractivity contribution < 1.29 is 28.4 Å². The fourth-order valence-corrected chi connectivity index (χ4v) is 9.23. The summed E-state index contributed by atoms with van der Waals surface area (Å²) in [6, 6.07) is 0. The van der Waals surface area contributed by atoms with Gasteiger partial charge in [-0.15, -0.1) is 0 Å². The van der Waals surface area contributed by atoms with Gasteiger partial charge in [0.1, 0.15) is 0 Å². The average Bonchev–Trinajstić information content (AvgIpc) is 3.77. The highest BCUT2D eigenvalue weighted by Gasteiger charge is 2.38. The highest BCUT2D eigenvalue weighted by Crippen LogP contribution is 2.64. The summed E-state index contributed by atoms with van der Waals surface area (Å²) >= 11 is 5.12. The summed E-state index contributed by atoms with van der Waals surface area (Å²) in [5.74, 6) is 2.54. The van der Waals surface area contributed by atoms with Crippen LogP contribution in [0, 0.1) is 0 Å². The van der Waals surface area contributed by atoms with E-state index in [4.69, 9.17) is 28.4 Å². The van der Waals surface area contributed by atoms with Crippen molar-refractivity contribution in [1.29, 1.82) is 0 Å². The van der Waals surface area contributed by atoms with Gasteiger partial charge in [0.15, 0.2) is 17.2 Å². The zero-order valence-electron chi connectivity index (χ0n) is 23.7. The minimum atomic E-state index is 0.247. The van der Waals surface area contributed by atoms with Crippen LogP contribution < -0.4 is 28.4 Å². The number of ether oxygens (including phenoxy) is 6. The Kier molecular flexibility index (Phi) is 9.29. The first-order valence-electron chi connectivity index (χ1n) is 15.1. The highest BCUT2D eigenvalue weighted by molar-refractivity contribution is 7.20. The number of aryl methyl sites for hydroxylation is 2. The van der Waals surface area contributed by atoms with Crippen LogP contribution in [0.5, 0.6) is 32.4 Å². The maximum atomic E-state index is 6.14. The van der Waals surface area contributed by atoms with Crippen molar-refractivity contribution in [1.82, 2.24) is 0 Å². The molecule has 6 rings (SSSR count). The van der Waals surface area contributed by atoms with E-state index in [0.29, 0.717) is 0 Å². The third-order valence-electron chi connectivity index (χ3n) is 7.82. The summed E-state index contributed by atoms with van der Waals surface area (Å²) in [6.07, 6.45) is 17.2. The molecule has 3 aromatic rings. The van der Waals surface area contributed by atoms with Crippen LogP contribution in [0.2, 0.25) is 0 Å². The van der Waals surface area contributed by atoms with Gasteiger partial charge in [-0.2, -0.15) is 0 Å². The Balaban J connectivity index is 1.34. The van der Waals surface area contributed by atoms with Crippen molar-refractivity contribution in [2.24, 2.45) is 0 Å². The first-order chi connectivity index (χ1) is 19.8. The van der Waals surface area contributed by atoms with Gasteiger partial charge in [-0.3, -0.25) is 0 Å². The Bertz CT molecular complexity index is 1290. The third kappa shape index (κ3) is 5.66. The first-order valence-corrected chi connectivity index (χ1v) is 17.5. The van der Waals surface area contributed by atoms with E-state index >= 15 is 0 Å². The van der Waals surface area contributed by atoms with Crippen LogP contribution in [-0.4, -0.2) is 20.4 Å². The molecular formula is C31H40O6S3. The van der Waals surface area contributed by atoms with Crippen molar-refractivity contribution in [2.75, 3.05) is 20.4 Å². The number of hydrogen-bond acceptors (Lipinski definition) is 9. The number of thiophene rings is 3. The van der Waals surface area contributed by atoms with Gasteiger partial charge in [0, 0.05) is 15.3 Å². The first kappa shape index (κ1) is 28.0. The fourth-order valence-electron chi connectivity index (χ4n) is 5.74. The van der Waals surface area contributed by atoms with Crippen LogP contribution in [0.15, 0.2) is 0 Å². The Morgan fingerprint density at radius 3 is 1.43 bits per heavy atom. The smallest absolute Gasteiger partial charge is 0.232 e. The Morgan fingerprint density at radius 2 is 0.875 bits per heavy atom. The van der Waals surface area contributed by atoms with Gasteiger partial charge in [0.05, 0.1) is 16.0 Å². The van der Waals surface area contributed by atoms with Crippen molar-refractivity contribution in [2.45, 2.75) is 104 Å². The van der Waals surface area contributed by atoms with E-state index < -0.39 is 0 Å². The van der Waals surface area contributed by atoms with Gasteiger partial charge in [-0.25, -0.2) is 0 Å². The zero-order chi connectivity index (χ0) is 27.3. The van der Waals surface area contributed by atoms with E-state index in [-0.39, 0.29) is 20.4 Å². The molecule has 3 aliphatic heterocycles. The largest absolute Gasteiger partial charge is 0.452 e. The van der Waals surface area contributed by atoms with Crippen LogP contribution in [0.3, 0.4) is 0 Å². The van der Waals surface area contributed by atoms with Gasteiger partial charge in [0.2, 0.25) is 35.6 Å². The van der Waals surface area contributed by atoms with E-state index in [1.807, 2.05) is 0 Å². The van der Waals surface area contributed by atoms with E-state index in [2.05, 4.69) is 13.8 Å². The number of rotatable bonds is 16. The predicted octanol–water partition coefficient (Wildman–Crippen LogP) is 10.2. The Labute approximate surface area is 249 Å². The molecule has 0 N–H and O–H groups in total. The molecule has 0 aromatic carbocycles. The normalized spacial score (nSPS) is 14.6. The lowest BCUT2D eigenvalue weighted by Crippen LogP contribution is -1.99. The molecule has 0 fully saturated rings. The van der Waals surface area contributed by atoms with Crippen molar-refractivity contribution in [3.63, 3.8) is 0 Å². The maximum Gasteiger partial charge on any atom is 0.232 e. The summed E-state index contributed by atoms with van der Waals surface area (Å²) in [7, 11) is 0. The van der Waals surface area contributed by atoms with Crippen LogP contribution in [-0.2, 0) is 12.8 Å². The van der Waals surface area contributed by atoms with Crippen LogP contribution in [0.1, 0.15) is 101 Å². The monoisotopic (exact) mass is 604 g/mol. The van der Waals surface area contributed by atoms with E-state index in [0.717, 1.165) is 79.7 Å². The third-order valence-corrected chi connectivity index (χ3v) is 11.2. The Morgan fingerprint density at radius 1 is 0.450 bits per heavy atom. The molecule has 0 spiro atoms. The highest BCUT2D eigenvalue weighted by atomic mass is 32.1. The van der Waals surface area contributed by atoms with Gasteiger partial charge >= 0.3 is 0 Å². The zero-order valence-corrected chi connectivity index (χ0v) is 26.1. The summed E-state index contributed by atoms with van der Waals surface area (Å²) in [4.78, 5) is 3.76. The minimum Gasteiger partial charge on any atom is -0.452 e. The van der Waals surface area contributed by atoms with Gasteiger partial charge in [0.25, 0.3) is 0 Å². The van der Waals surface area contributed by atoms with E-state index in [9.17, 15) is 0 Å². The SMILES string of the molecule is CCCCCCCCc1sc2c(c1-c1sc3c(c1-c1c(CCCCCCCC)sc4c1OCO4)OCO3)OCO2. The van der Waals surface area contributed by atoms with Gasteiger partial charge in [-0.05, 0) is 25.7 Å². The van der Waals surface area contributed by atoms with Crippen LogP contribution in [0.25, 0.3) is 21.6 Å². The lowest BCUT2D eigenvalue weighted by molar-refractivity contribution is 0.174. The molecule has 6 heterocycles. The molecule has 3 aliphatic rings. The second-order valence-corrected chi connectivity index (χ2v) is 13.8. The van der Waals surface area contributed by atoms with Gasteiger partial charge in [-0.1, -0.05) is 112 Å². The predicted molar refractivity (Wildman–Crippen MR) is 163 cm³/mol. The molecular weight excluding hydrogens is 565 g/mol. The fraction of sp³-hybridized carbons (Fsp3) is 0.613. The standard InChI is InChI=1S/C31H40O6S3/c1-3-5-7-9-11-13-15-20-22(25-29(38-20)35-17-32-25)24-27-31(37-19-34-27)40-28(24)23-21(16-14-12-10-8-6-4-2)39-30-26(23)33-18-36-30/h3-19H2,1-2H3. The second-order valence-electron chi connectivity index (χ2n) is 10.7. The summed E-state index contributed by atoms with van der Waals surface area (Å²) in [5, 5.41) is 2.60. The van der Waals surface area contributed by atoms with Crippen molar-refractivity contribution in [3.05, 3.63) is 9.75 Å². The molecule has 0 unspecified atom stereocenters. The number of unbranched alkanes of at least 4 members (excludes halogenated alkanes) is 10. The molecule has 0 amide bonds. The van der Waals surface area contributed by atoms with Gasteiger partial charge < -0.3 is 28.4 Å². The number of hydrogen-bond donors (Lipinski definition) is 0. The quantitative estimate of drug-likeness (QED) is 0.152. The molecule has 0 atom stereocenters. The molecule has 0 saturated carbocycles. The topological polar surface area (TPSA) is 55.4 Å². The molecule has 0 aliphatic carbocycles. The summed E-state index contributed by atoms with van der Waals surface area (Å²) < 4.78 is 36.1.